The van der Waals surface area contributed by atoms with Crippen LogP contribution in [0.25, 0.3) is 10.9 Å². The first-order valence-electron chi connectivity index (χ1n) is 11.4. The number of aromatic amines is 1. The van der Waals surface area contributed by atoms with Gasteiger partial charge in [0, 0.05) is 12.3 Å². The number of H-pyrrole nitrogens is 1. The molecule has 3 rings (SSSR count). The average Bonchev–Trinajstić information content (AvgIpc) is 3.49. The normalized spacial score (nSPS) is 15.9. The summed E-state index contributed by atoms with van der Waals surface area (Å²) in [5.74, 6) is -0.512. The molecule has 1 aromatic carbocycles. The van der Waals surface area contributed by atoms with Gasteiger partial charge in [-0.05, 0) is 23.8 Å². The average molecular weight is 509 g/mol. The van der Waals surface area contributed by atoms with E-state index in [0.717, 1.165) is 18.2 Å². The lowest BCUT2D eigenvalue weighted by Crippen LogP contribution is -2.56. The molecule has 3 amide bonds. The molecule has 36 heavy (non-hydrogen) atoms. The highest BCUT2D eigenvalue weighted by Crippen LogP contribution is 2.34. The zero-order valence-electron chi connectivity index (χ0n) is 20.6. The smallest absolute Gasteiger partial charge is 0.346 e. The summed E-state index contributed by atoms with van der Waals surface area (Å²) in [4.78, 5) is 36.9. The Morgan fingerprint density at radius 3 is 2.31 bits per heavy atom. The summed E-state index contributed by atoms with van der Waals surface area (Å²) >= 11 is 0. The highest BCUT2D eigenvalue weighted by Gasteiger charge is 2.36. The third kappa shape index (κ3) is 8.87. The SMILES string of the molecule is CC(C)(C)C(NC=O)C(=O)NC(CC1CC1)C(=O)NC(C#N)c1[nH]nc2ccccc12.CC(F)(F)F. The fourth-order valence-electron chi connectivity index (χ4n) is 3.57. The van der Waals surface area contributed by atoms with Crippen LogP contribution in [0.15, 0.2) is 24.3 Å². The second-order valence-electron chi connectivity index (χ2n) is 9.83. The maximum absolute atomic E-state index is 13.1. The number of nitrogens with zero attached hydrogens (tertiary/aromatic N) is 2. The summed E-state index contributed by atoms with van der Waals surface area (Å²) in [6, 6.07) is 6.88. The van der Waals surface area contributed by atoms with Crippen LogP contribution in [0.2, 0.25) is 0 Å². The van der Waals surface area contributed by atoms with E-state index >= 15 is 0 Å². The number of carbonyl (C=O) groups is 3. The number of fused-ring (bicyclic) bond motifs is 1. The predicted octanol–water partition coefficient (Wildman–Crippen LogP) is 3.26. The molecule has 196 valence electrons. The number of carbonyl (C=O) groups excluding carboxylic acids is 3. The van der Waals surface area contributed by atoms with Crippen LogP contribution in [0, 0.1) is 22.7 Å². The van der Waals surface area contributed by atoms with E-state index in [1.807, 2.05) is 45.0 Å². The lowest BCUT2D eigenvalue weighted by atomic mass is 9.86. The van der Waals surface area contributed by atoms with Crippen molar-refractivity contribution in [2.75, 3.05) is 0 Å². The molecule has 1 aromatic heterocycles. The third-order valence-corrected chi connectivity index (χ3v) is 5.46. The number of alkyl halides is 3. The van der Waals surface area contributed by atoms with E-state index in [2.05, 4.69) is 32.2 Å². The van der Waals surface area contributed by atoms with Gasteiger partial charge in [-0.15, -0.1) is 0 Å². The van der Waals surface area contributed by atoms with E-state index in [9.17, 15) is 32.8 Å². The van der Waals surface area contributed by atoms with E-state index in [1.54, 1.807) is 0 Å². The molecule has 0 spiro atoms. The lowest BCUT2D eigenvalue weighted by molar-refractivity contribution is -0.133. The molecule has 0 saturated heterocycles. The molecule has 1 saturated carbocycles. The summed E-state index contributed by atoms with van der Waals surface area (Å²) in [6.45, 7) is 5.68. The fraction of sp³-hybridized carbons (Fsp3) is 0.542. The molecule has 4 N–H and O–H groups in total. The molecule has 9 nitrogen and oxygen atoms in total. The van der Waals surface area contributed by atoms with Crippen molar-refractivity contribution in [3.05, 3.63) is 30.0 Å². The van der Waals surface area contributed by atoms with Gasteiger partial charge in [-0.25, -0.2) is 0 Å². The van der Waals surface area contributed by atoms with E-state index < -0.39 is 41.5 Å². The Balaban J connectivity index is 0.000000830. The zero-order valence-corrected chi connectivity index (χ0v) is 20.6. The maximum Gasteiger partial charge on any atom is 0.386 e. The number of rotatable bonds is 9. The number of hydrogen-bond acceptors (Lipinski definition) is 5. The monoisotopic (exact) mass is 508 g/mol. The molecule has 1 aliphatic rings. The van der Waals surface area contributed by atoms with Crippen molar-refractivity contribution in [2.45, 2.75) is 71.3 Å². The molecule has 3 atom stereocenters. The van der Waals surface area contributed by atoms with Crippen LogP contribution < -0.4 is 16.0 Å². The number of aromatic nitrogens is 2. The standard InChI is InChI=1S/C22H28N6O3.C2H3F3/c1-22(2,3)19(24-12-29)21(31)25-16(10-13-8-9-13)20(30)26-17(11-23)18-14-6-4-5-7-15(14)27-28-18;1-2(3,4)5/h4-7,12-13,16-17,19H,8-10H2,1-3H3,(H,24,29)(H,25,31)(H,26,30)(H,27,28);1H3. The summed E-state index contributed by atoms with van der Waals surface area (Å²) in [5.41, 5.74) is 0.663. The Morgan fingerprint density at radius 2 is 1.78 bits per heavy atom. The number of nitrogens with one attached hydrogen (secondary N) is 4. The van der Waals surface area contributed by atoms with Crippen molar-refractivity contribution in [1.82, 2.24) is 26.1 Å². The van der Waals surface area contributed by atoms with Gasteiger partial charge < -0.3 is 16.0 Å². The molecule has 1 fully saturated rings. The fourth-order valence-corrected chi connectivity index (χ4v) is 3.57. The number of halogens is 3. The summed E-state index contributed by atoms with van der Waals surface area (Å²) < 4.78 is 31.1. The zero-order chi connectivity index (χ0) is 27.1. The molecule has 3 unspecified atom stereocenters. The van der Waals surface area contributed by atoms with Crippen molar-refractivity contribution in [3.8, 4) is 6.07 Å². The molecular weight excluding hydrogens is 477 g/mol. The maximum atomic E-state index is 13.1. The Kier molecular flexibility index (Phi) is 9.44. The Bertz CT molecular complexity index is 1090. The molecule has 0 aliphatic heterocycles. The van der Waals surface area contributed by atoms with Gasteiger partial charge in [0.2, 0.25) is 18.2 Å². The summed E-state index contributed by atoms with van der Waals surface area (Å²) in [5, 5.41) is 25.5. The molecule has 1 aliphatic carbocycles. The van der Waals surface area contributed by atoms with Gasteiger partial charge in [-0.1, -0.05) is 51.8 Å². The summed E-state index contributed by atoms with van der Waals surface area (Å²) in [7, 11) is 0. The minimum atomic E-state index is -4.00. The van der Waals surface area contributed by atoms with E-state index in [4.69, 9.17) is 0 Å². The second-order valence-corrected chi connectivity index (χ2v) is 9.83. The molecular formula is C24H31F3N6O3. The lowest BCUT2D eigenvalue weighted by Gasteiger charge is -2.30. The van der Waals surface area contributed by atoms with Crippen LogP contribution in [-0.2, 0) is 14.4 Å². The third-order valence-electron chi connectivity index (χ3n) is 5.46. The largest absolute Gasteiger partial charge is 0.386 e. The van der Waals surface area contributed by atoms with Gasteiger partial charge in [0.25, 0.3) is 0 Å². The van der Waals surface area contributed by atoms with Crippen molar-refractivity contribution in [3.63, 3.8) is 0 Å². The molecule has 0 bridgehead atoms. The van der Waals surface area contributed by atoms with E-state index in [1.165, 1.54) is 0 Å². The van der Waals surface area contributed by atoms with Crippen LogP contribution in [0.1, 0.15) is 58.7 Å². The number of para-hydroxylation sites is 1. The predicted molar refractivity (Wildman–Crippen MR) is 126 cm³/mol. The first-order chi connectivity index (χ1) is 16.7. The molecule has 1 heterocycles. The van der Waals surface area contributed by atoms with Crippen molar-refractivity contribution >= 4 is 29.1 Å². The first-order valence-corrected chi connectivity index (χ1v) is 11.4. The van der Waals surface area contributed by atoms with Gasteiger partial charge in [-0.2, -0.15) is 23.5 Å². The highest BCUT2D eigenvalue weighted by atomic mass is 19.4. The Labute approximate surface area is 207 Å². The quantitative estimate of drug-likeness (QED) is 0.385. The number of hydrogen-bond donors (Lipinski definition) is 4. The summed E-state index contributed by atoms with van der Waals surface area (Å²) in [6.07, 6.45) is -1.03. The van der Waals surface area contributed by atoms with Gasteiger partial charge in [0.15, 0.2) is 6.04 Å². The van der Waals surface area contributed by atoms with Crippen LogP contribution in [0.5, 0.6) is 0 Å². The van der Waals surface area contributed by atoms with E-state index in [0.29, 0.717) is 30.0 Å². The van der Waals surface area contributed by atoms with Gasteiger partial charge in [-0.3, -0.25) is 19.5 Å². The van der Waals surface area contributed by atoms with Gasteiger partial charge in [0.1, 0.15) is 12.1 Å². The van der Waals surface area contributed by atoms with Gasteiger partial charge >= 0.3 is 6.18 Å². The van der Waals surface area contributed by atoms with Crippen molar-refractivity contribution in [1.29, 1.82) is 5.26 Å². The number of nitriles is 1. The van der Waals surface area contributed by atoms with E-state index in [-0.39, 0.29) is 6.92 Å². The first kappa shape index (κ1) is 28.6. The van der Waals surface area contributed by atoms with Crippen LogP contribution in [0.4, 0.5) is 13.2 Å². The molecule has 12 heteroatoms. The molecule has 0 radical (unpaired) electrons. The topological polar surface area (TPSA) is 140 Å². The molecule has 2 aromatic rings. The Morgan fingerprint density at radius 1 is 1.17 bits per heavy atom. The highest BCUT2D eigenvalue weighted by molar-refractivity contribution is 5.91. The van der Waals surface area contributed by atoms with Crippen LogP contribution >= 0.6 is 0 Å². The van der Waals surface area contributed by atoms with Crippen LogP contribution in [-0.4, -0.2) is 46.7 Å². The Hall–Kier alpha value is -3.62. The van der Waals surface area contributed by atoms with Crippen LogP contribution in [0.3, 0.4) is 0 Å². The van der Waals surface area contributed by atoms with Gasteiger partial charge in [0.05, 0.1) is 17.3 Å². The minimum absolute atomic E-state index is 0.188. The number of amides is 3. The number of benzene rings is 1. The van der Waals surface area contributed by atoms with Crippen molar-refractivity contribution in [2.24, 2.45) is 11.3 Å². The van der Waals surface area contributed by atoms with Crippen molar-refractivity contribution < 1.29 is 27.6 Å². The second kappa shape index (κ2) is 11.9. The minimum Gasteiger partial charge on any atom is -0.346 e.